The van der Waals surface area contributed by atoms with Gasteiger partial charge in [0, 0.05) is 11.5 Å². The number of aliphatic carboxylic acids is 1. The van der Waals surface area contributed by atoms with Gasteiger partial charge in [-0.05, 0) is 13.8 Å². The lowest BCUT2D eigenvalue weighted by molar-refractivity contribution is -0.142. The third-order valence-electron chi connectivity index (χ3n) is 3.09. The quantitative estimate of drug-likeness (QED) is 0.183. The molecule has 10 nitrogen and oxygen atoms in total. The Labute approximate surface area is 156 Å². The molecule has 0 aliphatic heterocycles. The Bertz CT molecular complexity index is 503. The molecule has 0 saturated heterocycles. The standard InChI is InChI=1S/C13H24N4O6S2/c1-5(14)10(19)15-7(3-24)11(20)17-9(6(2)18)12(21)16-8(4-25)13(22)23/h5-9,18,24-25H,3-4,14H2,1-2H3,(H,15,19)(H,16,21)(H,17,20)(H,22,23). The Kier molecular flexibility index (Phi) is 10.5. The zero-order chi connectivity index (χ0) is 19.7. The molecule has 0 rings (SSSR count). The number of amides is 3. The highest BCUT2D eigenvalue weighted by atomic mass is 32.1. The molecular formula is C13H24N4O6S2. The molecule has 0 bridgehead atoms. The van der Waals surface area contributed by atoms with Crippen LogP contribution in [-0.4, -0.2) is 75.7 Å². The predicted molar refractivity (Wildman–Crippen MR) is 96.5 cm³/mol. The van der Waals surface area contributed by atoms with Crippen LogP contribution in [0.3, 0.4) is 0 Å². The highest BCUT2D eigenvalue weighted by Gasteiger charge is 2.31. The van der Waals surface area contributed by atoms with Crippen molar-refractivity contribution in [2.24, 2.45) is 5.73 Å². The lowest BCUT2D eigenvalue weighted by Crippen LogP contribution is -2.60. The molecule has 0 aliphatic carbocycles. The molecule has 0 aromatic heterocycles. The average Bonchev–Trinajstić information content (AvgIpc) is 2.53. The summed E-state index contributed by atoms with van der Waals surface area (Å²) in [6.07, 6.45) is -1.32. The molecule has 0 aliphatic rings. The maximum absolute atomic E-state index is 12.2. The van der Waals surface area contributed by atoms with Crippen LogP contribution in [0.5, 0.6) is 0 Å². The number of carboxylic acid groups (broad SMARTS) is 1. The lowest BCUT2D eigenvalue weighted by Gasteiger charge is -2.25. The van der Waals surface area contributed by atoms with Crippen molar-refractivity contribution in [3.63, 3.8) is 0 Å². The summed E-state index contributed by atoms with van der Waals surface area (Å²) in [5.74, 6) is -3.83. The summed E-state index contributed by atoms with van der Waals surface area (Å²) < 4.78 is 0. The zero-order valence-corrected chi connectivity index (χ0v) is 15.6. The summed E-state index contributed by atoms with van der Waals surface area (Å²) in [4.78, 5) is 46.8. The molecule has 0 spiro atoms. The van der Waals surface area contributed by atoms with Crippen LogP contribution >= 0.6 is 25.3 Å². The normalized spacial score (nSPS) is 16.7. The monoisotopic (exact) mass is 396 g/mol. The van der Waals surface area contributed by atoms with Crippen molar-refractivity contribution in [3.8, 4) is 0 Å². The number of aliphatic hydroxyl groups is 1. The van der Waals surface area contributed by atoms with Gasteiger partial charge in [0.05, 0.1) is 12.1 Å². The molecule has 0 aromatic rings. The Morgan fingerprint density at radius 1 is 0.920 bits per heavy atom. The minimum Gasteiger partial charge on any atom is -0.480 e. The number of nitrogens with two attached hydrogens (primary N) is 1. The molecule has 0 aromatic carbocycles. The summed E-state index contributed by atoms with van der Waals surface area (Å²) in [6, 6.07) is -4.65. The van der Waals surface area contributed by atoms with Crippen molar-refractivity contribution in [3.05, 3.63) is 0 Å². The van der Waals surface area contributed by atoms with Crippen molar-refractivity contribution < 1.29 is 29.4 Å². The number of aliphatic hydroxyl groups excluding tert-OH is 1. The Morgan fingerprint density at radius 3 is 1.76 bits per heavy atom. The second-order valence-corrected chi connectivity index (χ2v) is 6.07. The Hall–Kier alpha value is -1.50. The van der Waals surface area contributed by atoms with Gasteiger partial charge in [0.25, 0.3) is 0 Å². The molecule has 0 fully saturated rings. The minimum atomic E-state index is -1.43. The molecule has 25 heavy (non-hydrogen) atoms. The third kappa shape index (κ3) is 7.94. The largest absolute Gasteiger partial charge is 0.480 e. The molecular weight excluding hydrogens is 372 g/mol. The van der Waals surface area contributed by atoms with Gasteiger partial charge in [-0.1, -0.05) is 0 Å². The van der Waals surface area contributed by atoms with Crippen molar-refractivity contribution in [2.45, 2.75) is 44.1 Å². The van der Waals surface area contributed by atoms with Gasteiger partial charge >= 0.3 is 5.97 Å². The highest BCUT2D eigenvalue weighted by Crippen LogP contribution is 1.99. The maximum atomic E-state index is 12.2. The van der Waals surface area contributed by atoms with Gasteiger partial charge in [-0.3, -0.25) is 14.4 Å². The first kappa shape index (κ1) is 23.5. The van der Waals surface area contributed by atoms with Gasteiger partial charge in [0.2, 0.25) is 17.7 Å². The van der Waals surface area contributed by atoms with Crippen LogP contribution in [0.15, 0.2) is 0 Å². The second kappa shape index (κ2) is 11.2. The van der Waals surface area contributed by atoms with E-state index in [1.54, 1.807) is 0 Å². The van der Waals surface area contributed by atoms with E-state index >= 15 is 0 Å². The van der Waals surface area contributed by atoms with Crippen LogP contribution in [0, 0.1) is 0 Å². The smallest absolute Gasteiger partial charge is 0.327 e. The van der Waals surface area contributed by atoms with Crippen LogP contribution in [-0.2, 0) is 19.2 Å². The molecule has 0 heterocycles. The fourth-order valence-electron chi connectivity index (χ4n) is 1.60. The van der Waals surface area contributed by atoms with Gasteiger partial charge in [-0.15, -0.1) is 0 Å². The van der Waals surface area contributed by atoms with Crippen LogP contribution in [0.4, 0.5) is 0 Å². The van der Waals surface area contributed by atoms with Crippen molar-refractivity contribution >= 4 is 48.9 Å². The predicted octanol–water partition coefficient (Wildman–Crippen LogP) is -2.89. The van der Waals surface area contributed by atoms with Crippen molar-refractivity contribution in [1.29, 1.82) is 0 Å². The van der Waals surface area contributed by atoms with Crippen LogP contribution in [0.25, 0.3) is 0 Å². The summed E-state index contributed by atoms with van der Waals surface area (Å²) >= 11 is 7.76. The Balaban J connectivity index is 5.04. The second-order valence-electron chi connectivity index (χ2n) is 5.34. The number of hydrogen-bond acceptors (Lipinski definition) is 8. The van der Waals surface area contributed by atoms with Crippen molar-refractivity contribution in [2.75, 3.05) is 11.5 Å². The van der Waals surface area contributed by atoms with E-state index in [2.05, 4.69) is 41.2 Å². The summed E-state index contributed by atoms with van der Waals surface area (Å²) in [5, 5.41) is 25.4. The maximum Gasteiger partial charge on any atom is 0.327 e. The zero-order valence-electron chi connectivity index (χ0n) is 13.8. The van der Waals surface area contributed by atoms with E-state index in [0.717, 1.165) is 0 Å². The van der Waals surface area contributed by atoms with E-state index in [0.29, 0.717) is 0 Å². The van der Waals surface area contributed by atoms with Gasteiger partial charge < -0.3 is 31.9 Å². The van der Waals surface area contributed by atoms with E-state index in [9.17, 15) is 24.3 Å². The van der Waals surface area contributed by atoms with E-state index < -0.39 is 54.0 Å². The number of nitrogens with one attached hydrogen (secondary N) is 3. The number of rotatable bonds is 10. The van der Waals surface area contributed by atoms with Crippen LogP contribution in [0.1, 0.15) is 13.8 Å². The SMILES string of the molecule is CC(N)C(=O)NC(CS)C(=O)NC(C(=O)NC(CS)C(=O)O)C(C)O. The summed E-state index contributed by atoms with van der Waals surface area (Å²) in [6.45, 7) is 2.68. The van der Waals surface area contributed by atoms with E-state index in [4.69, 9.17) is 10.8 Å². The molecule has 5 unspecified atom stereocenters. The number of carboxylic acids is 1. The van der Waals surface area contributed by atoms with E-state index in [1.165, 1.54) is 13.8 Å². The van der Waals surface area contributed by atoms with Gasteiger partial charge in [-0.25, -0.2) is 4.79 Å². The third-order valence-corrected chi connectivity index (χ3v) is 3.82. The fraction of sp³-hybridized carbons (Fsp3) is 0.692. The Morgan fingerprint density at radius 2 is 1.40 bits per heavy atom. The molecule has 0 radical (unpaired) electrons. The molecule has 7 N–H and O–H groups in total. The van der Waals surface area contributed by atoms with Gasteiger partial charge in [0.15, 0.2) is 0 Å². The molecule has 12 heteroatoms. The number of carbonyl (C=O) groups excluding carboxylic acids is 3. The fourth-order valence-corrected chi connectivity index (χ4v) is 2.11. The molecule has 3 amide bonds. The van der Waals surface area contributed by atoms with Gasteiger partial charge in [-0.2, -0.15) is 25.3 Å². The first-order valence-corrected chi connectivity index (χ1v) is 8.60. The van der Waals surface area contributed by atoms with E-state index in [1.807, 2.05) is 0 Å². The van der Waals surface area contributed by atoms with Gasteiger partial charge in [0.1, 0.15) is 18.1 Å². The first-order chi connectivity index (χ1) is 11.5. The average molecular weight is 396 g/mol. The number of thiol groups is 2. The minimum absolute atomic E-state index is 0.0766. The topological polar surface area (TPSA) is 171 Å². The van der Waals surface area contributed by atoms with Crippen LogP contribution < -0.4 is 21.7 Å². The van der Waals surface area contributed by atoms with Crippen molar-refractivity contribution in [1.82, 2.24) is 16.0 Å². The molecule has 144 valence electrons. The number of carbonyl (C=O) groups is 4. The molecule has 0 saturated carbocycles. The summed E-state index contributed by atoms with van der Waals surface area (Å²) in [5.41, 5.74) is 5.40. The highest BCUT2D eigenvalue weighted by molar-refractivity contribution is 7.80. The lowest BCUT2D eigenvalue weighted by atomic mass is 10.1. The first-order valence-electron chi connectivity index (χ1n) is 7.34. The summed E-state index contributed by atoms with van der Waals surface area (Å²) in [7, 11) is 0. The van der Waals surface area contributed by atoms with Crippen LogP contribution in [0.2, 0.25) is 0 Å². The molecule has 5 atom stereocenters. The van der Waals surface area contributed by atoms with E-state index in [-0.39, 0.29) is 11.5 Å². The number of hydrogen-bond donors (Lipinski definition) is 8.